The highest BCUT2D eigenvalue weighted by atomic mass is 16.6. The zero-order valence-corrected chi connectivity index (χ0v) is 13.6. The van der Waals surface area contributed by atoms with Gasteiger partial charge < -0.3 is 25.8 Å². The predicted molar refractivity (Wildman–Crippen MR) is 83.7 cm³/mol. The number of ether oxygens (including phenoxy) is 2. The van der Waals surface area contributed by atoms with Gasteiger partial charge in [-0.2, -0.15) is 0 Å². The van der Waals surface area contributed by atoms with E-state index in [1.807, 2.05) is 20.8 Å². The second-order valence-corrected chi connectivity index (χ2v) is 5.87. The van der Waals surface area contributed by atoms with E-state index in [1.54, 1.807) is 0 Å². The van der Waals surface area contributed by atoms with Crippen LogP contribution in [0.2, 0.25) is 0 Å². The van der Waals surface area contributed by atoms with Crippen LogP contribution in [0.15, 0.2) is 0 Å². The first-order valence-corrected chi connectivity index (χ1v) is 7.32. The summed E-state index contributed by atoms with van der Waals surface area (Å²) < 4.78 is 9.88. The van der Waals surface area contributed by atoms with Gasteiger partial charge in [0.15, 0.2) is 5.90 Å². The molecule has 0 rings (SSSR count). The number of nitrogens with two attached hydrogens (primary N) is 1. The van der Waals surface area contributed by atoms with Gasteiger partial charge in [0.05, 0.1) is 13.2 Å². The third kappa shape index (κ3) is 12.1. The van der Waals surface area contributed by atoms with E-state index in [1.165, 1.54) is 7.11 Å². The van der Waals surface area contributed by atoms with E-state index < -0.39 is 11.6 Å². The first-order chi connectivity index (χ1) is 9.76. The van der Waals surface area contributed by atoms with Crippen LogP contribution in [0.4, 0.5) is 4.79 Å². The first kappa shape index (κ1) is 19.7. The lowest BCUT2D eigenvalue weighted by Crippen LogP contribution is -2.41. The lowest BCUT2D eigenvalue weighted by atomic mass is 10.2. The molecule has 0 aliphatic rings. The van der Waals surface area contributed by atoms with Gasteiger partial charge in [0.1, 0.15) is 5.60 Å². The Morgan fingerprint density at radius 1 is 1.24 bits per heavy atom. The standard InChI is InChI=1S/C14H30N4O3/c1-14(2,3)21-13(19)18-9-7-5-6-8-17-10-11(15)12(16)20-4/h11,16-17H,5-10,15H2,1-4H3,(H,18,19). The maximum atomic E-state index is 11.4. The summed E-state index contributed by atoms with van der Waals surface area (Å²) in [6.07, 6.45) is 2.52. The van der Waals surface area contributed by atoms with Gasteiger partial charge in [-0.25, -0.2) is 4.79 Å². The van der Waals surface area contributed by atoms with Crippen molar-refractivity contribution < 1.29 is 14.3 Å². The second-order valence-electron chi connectivity index (χ2n) is 5.87. The van der Waals surface area contributed by atoms with Crippen LogP contribution < -0.4 is 16.4 Å². The third-order valence-corrected chi connectivity index (χ3v) is 2.62. The quantitative estimate of drug-likeness (QED) is 0.291. The SMILES string of the molecule is COC(=N)C(N)CNCCCCCNC(=O)OC(C)(C)C. The number of rotatable bonds is 9. The number of alkyl carbamates (subject to hydrolysis) is 1. The number of hydrogen-bond donors (Lipinski definition) is 4. The summed E-state index contributed by atoms with van der Waals surface area (Å²) in [6.45, 7) is 7.49. The third-order valence-electron chi connectivity index (χ3n) is 2.62. The van der Waals surface area contributed by atoms with Gasteiger partial charge in [0.25, 0.3) is 0 Å². The summed E-state index contributed by atoms with van der Waals surface area (Å²) in [5.41, 5.74) is 5.24. The molecule has 1 unspecified atom stereocenters. The molecule has 0 saturated heterocycles. The molecule has 124 valence electrons. The van der Waals surface area contributed by atoms with Crippen molar-refractivity contribution in [2.75, 3.05) is 26.7 Å². The van der Waals surface area contributed by atoms with Crippen molar-refractivity contribution in [3.8, 4) is 0 Å². The van der Waals surface area contributed by atoms with Crippen molar-refractivity contribution in [1.82, 2.24) is 10.6 Å². The molecule has 0 aromatic carbocycles. The van der Waals surface area contributed by atoms with Crippen LogP contribution in [-0.2, 0) is 9.47 Å². The molecule has 0 aromatic rings. The van der Waals surface area contributed by atoms with Gasteiger partial charge in [-0.05, 0) is 40.2 Å². The molecule has 7 heteroatoms. The van der Waals surface area contributed by atoms with Crippen LogP contribution in [0.5, 0.6) is 0 Å². The Morgan fingerprint density at radius 2 is 1.86 bits per heavy atom. The minimum atomic E-state index is -0.456. The summed E-state index contributed by atoms with van der Waals surface area (Å²) >= 11 is 0. The molecule has 1 atom stereocenters. The molecule has 0 saturated carbocycles. The molecule has 21 heavy (non-hydrogen) atoms. The van der Waals surface area contributed by atoms with E-state index in [0.29, 0.717) is 13.1 Å². The maximum absolute atomic E-state index is 11.4. The van der Waals surface area contributed by atoms with Gasteiger partial charge >= 0.3 is 6.09 Å². The predicted octanol–water partition coefficient (Wildman–Crippen LogP) is 1.22. The van der Waals surface area contributed by atoms with Crippen molar-refractivity contribution in [2.45, 2.75) is 51.7 Å². The van der Waals surface area contributed by atoms with E-state index in [0.717, 1.165) is 25.8 Å². The van der Waals surface area contributed by atoms with Gasteiger partial charge in [0.2, 0.25) is 0 Å². The Bertz CT molecular complexity index is 316. The molecule has 7 nitrogen and oxygen atoms in total. The van der Waals surface area contributed by atoms with Crippen molar-refractivity contribution in [3.63, 3.8) is 0 Å². The molecular weight excluding hydrogens is 272 g/mol. The molecular formula is C14H30N4O3. The Hall–Kier alpha value is -1.34. The van der Waals surface area contributed by atoms with Crippen LogP contribution >= 0.6 is 0 Å². The Kier molecular flexibility index (Phi) is 9.73. The van der Waals surface area contributed by atoms with E-state index in [9.17, 15) is 4.79 Å². The largest absolute Gasteiger partial charge is 0.483 e. The highest BCUT2D eigenvalue weighted by Gasteiger charge is 2.15. The number of carbonyl (C=O) groups is 1. The second kappa shape index (κ2) is 10.4. The van der Waals surface area contributed by atoms with Gasteiger partial charge in [-0.3, -0.25) is 5.41 Å². The zero-order valence-electron chi connectivity index (χ0n) is 13.6. The Balaban J connectivity index is 3.41. The molecule has 0 radical (unpaired) electrons. The van der Waals surface area contributed by atoms with Gasteiger partial charge in [-0.15, -0.1) is 0 Å². The fraction of sp³-hybridized carbons (Fsp3) is 0.857. The van der Waals surface area contributed by atoms with Crippen LogP contribution in [0.25, 0.3) is 0 Å². The van der Waals surface area contributed by atoms with Crippen LogP contribution in [0, 0.1) is 5.41 Å². The molecule has 5 N–H and O–H groups in total. The summed E-state index contributed by atoms with van der Waals surface area (Å²) in [5.74, 6) is 0.0871. The average Bonchev–Trinajstić information content (AvgIpc) is 2.38. The monoisotopic (exact) mass is 302 g/mol. The van der Waals surface area contributed by atoms with E-state index in [4.69, 9.17) is 20.6 Å². The number of nitrogens with one attached hydrogen (secondary N) is 3. The van der Waals surface area contributed by atoms with E-state index in [-0.39, 0.29) is 12.0 Å². The molecule has 1 amide bonds. The summed E-state index contributed by atoms with van der Waals surface area (Å²) in [4.78, 5) is 11.4. The maximum Gasteiger partial charge on any atom is 0.407 e. The van der Waals surface area contributed by atoms with Crippen LogP contribution in [0.1, 0.15) is 40.0 Å². The number of methoxy groups -OCH3 is 1. The highest BCUT2D eigenvalue weighted by molar-refractivity contribution is 5.78. The molecule has 0 heterocycles. The lowest BCUT2D eigenvalue weighted by Gasteiger charge is -2.19. The minimum Gasteiger partial charge on any atom is -0.483 e. The zero-order chi connectivity index (χ0) is 16.3. The molecule has 0 spiro atoms. The normalized spacial score (nSPS) is 12.6. The highest BCUT2D eigenvalue weighted by Crippen LogP contribution is 2.06. The van der Waals surface area contributed by atoms with Gasteiger partial charge in [-0.1, -0.05) is 6.42 Å². The average molecular weight is 302 g/mol. The minimum absolute atomic E-state index is 0.0871. The Morgan fingerprint density at radius 3 is 2.43 bits per heavy atom. The lowest BCUT2D eigenvalue weighted by molar-refractivity contribution is 0.0527. The van der Waals surface area contributed by atoms with E-state index >= 15 is 0 Å². The summed E-state index contributed by atoms with van der Waals surface area (Å²) in [6, 6.07) is -0.399. The van der Waals surface area contributed by atoms with Gasteiger partial charge in [0, 0.05) is 13.1 Å². The molecule has 0 fully saturated rings. The van der Waals surface area contributed by atoms with Crippen LogP contribution in [0.3, 0.4) is 0 Å². The first-order valence-electron chi connectivity index (χ1n) is 7.32. The number of unbranched alkanes of at least 4 members (excludes halogenated alkanes) is 2. The number of amides is 1. The van der Waals surface area contributed by atoms with E-state index in [2.05, 4.69) is 10.6 Å². The molecule has 0 aliphatic heterocycles. The number of hydrogen-bond acceptors (Lipinski definition) is 6. The van der Waals surface area contributed by atoms with Crippen LogP contribution in [-0.4, -0.2) is 50.4 Å². The molecule has 0 aromatic heterocycles. The van der Waals surface area contributed by atoms with Crippen molar-refractivity contribution in [3.05, 3.63) is 0 Å². The van der Waals surface area contributed by atoms with Crippen molar-refractivity contribution >= 4 is 12.0 Å². The Labute approximate surface area is 127 Å². The molecule has 0 bridgehead atoms. The number of carbonyl (C=O) groups excluding carboxylic acids is 1. The fourth-order valence-electron chi connectivity index (χ4n) is 1.56. The summed E-state index contributed by atoms with van der Waals surface area (Å²) in [7, 11) is 1.44. The van der Waals surface area contributed by atoms with Crippen molar-refractivity contribution in [1.29, 1.82) is 5.41 Å². The topological polar surface area (TPSA) is 109 Å². The summed E-state index contributed by atoms with van der Waals surface area (Å²) in [5, 5.41) is 13.3. The smallest absolute Gasteiger partial charge is 0.407 e. The fourth-order valence-corrected chi connectivity index (χ4v) is 1.56. The van der Waals surface area contributed by atoms with Crippen molar-refractivity contribution in [2.24, 2.45) is 5.73 Å². The molecule has 0 aliphatic carbocycles.